The summed E-state index contributed by atoms with van der Waals surface area (Å²) in [4.78, 5) is 37.9. The second-order valence-electron chi connectivity index (χ2n) is 4.54. The number of nitrogens with zero attached hydrogens (tertiary/aromatic N) is 2. The fraction of sp³-hybridized carbons (Fsp3) is 0.750. The maximum Gasteiger partial charge on any atom is 0.325 e. The highest BCUT2D eigenvalue weighted by atomic mass is 32.2. The number of hydrogen-bond donors (Lipinski definition) is 0. The summed E-state index contributed by atoms with van der Waals surface area (Å²) in [5.41, 5.74) is 0. The van der Waals surface area contributed by atoms with Crippen LogP contribution in [-0.2, 0) is 14.3 Å². The van der Waals surface area contributed by atoms with Gasteiger partial charge in [0, 0.05) is 31.3 Å². The summed E-state index contributed by atoms with van der Waals surface area (Å²) in [7, 11) is 1.30. The first-order chi connectivity index (χ1) is 8.95. The monoisotopic (exact) mass is 288 g/mol. The number of hydrogen-bond acceptors (Lipinski definition) is 5. The third-order valence-electron chi connectivity index (χ3n) is 2.91. The Balaban J connectivity index is 2.47. The van der Waals surface area contributed by atoms with E-state index in [0.29, 0.717) is 13.1 Å². The fourth-order valence-corrected chi connectivity index (χ4v) is 2.62. The van der Waals surface area contributed by atoms with E-state index in [4.69, 9.17) is 0 Å². The van der Waals surface area contributed by atoms with Gasteiger partial charge in [-0.05, 0) is 13.8 Å². The molecule has 0 N–H and O–H groups in total. The van der Waals surface area contributed by atoms with Crippen LogP contribution in [0.3, 0.4) is 0 Å². The minimum atomic E-state index is -0.435. The van der Waals surface area contributed by atoms with E-state index in [9.17, 15) is 14.4 Å². The van der Waals surface area contributed by atoms with Crippen LogP contribution in [0.25, 0.3) is 0 Å². The van der Waals surface area contributed by atoms with E-state index in [0.717, 1.165) is 5.75 Å². The number of amides is 2. The van der Waals surface area contributed by atoms with Gasteiger partial charge in [-0.15, -0.1) is 0 Å². The van der Waals surface area contributed by atoms with Crippen molar-refractivity contribution in [1.82, 2.24) is 9.80 Å². The summed E-state index contributed by atoms with van der Waals surface area (Å²) in [6.45, 7) is 4.75. The highest BCUT2D eigenvalue weighted by molar-refractivity contribution is 8.13. The van der Waals surface area contributed by atoms with E-state index in [1.807, 2.05) is 13.8 Å². The van der Waals surface area contributed by atoms with Crippen molar-refractivity contribution in [3.8, 4) is 0 Å². The maximum atomic E-state index is 12.1. The van der Waals surface area contributed by atoms with Crippen LogP contribution in [0.15, 0.2) is 0 Å². The molecule has 0 spiro atoms. The number of carbonyl (C=O) groups is 3. The summed E-state index contributed by atoms with van der Waals surface area (Å²) >= 11 is 1.27. The van der Waals surface area contributed by atoms with E-state index >= 15 is 0 Å². The van der Waals surface area contributed by atoms with Gasteiger partial charge in [0.05, 0.1) is 7.11 Å². The zero-order valence-corrected chi connectivity index (χ0v) is 12.4. The van der Waals surface area contributed by atoms with Crippen LogP contribution in [0.2, 0.25) is 0 Å². The van der Waals surface area contributed by atoms with Crippen LogP contribution in [-0.4, -0.2) is 65.5 Å². The Morgan fingerprint density at radius 2 is 2.16 bits per heavy atom. The molecule has 0 aromatic heterocycles. The van der Waals surface area contributed by atoms with Crippen LogP contribution in [0, 0.1) is 0 Å². The summed E-state index contributed by atoms with van der Waals surface area (Å²) in [6, 6.07) is -0.0738. The fourth-order valence-electron chi connectivity index (χ4n) is 1.77. The summed E-state index contributed by atoms with van der Waals surface area (Å²) in [6.07, 6.45) is 0.238. The van der Waals surface area contributed by atoms with Gasteiger partial charge in [-0.2, -0.15) is 0 Å². The van der Waals surface area contributed by atoms with Gasteiger partial charge in [0.25, 0.3) is 5.24 Å². The molecule has 108 valence electrons. The van der Waals surface area contributed by atoms with Crippen LogP contribution < -0.4 is 0 Å². The SMILES string of the molecule is COC(=O)CN(C(=O)CCN1CCSC1=O)C(C)C. The second kappa shape index (κ2) is 7.37. The molecule has 1 aliphatic heterocycles. The van der Waals surface area contributed by atoms with Crippen LogP contribution >= 0.6 is 11.8 Å². The topological polar surface area (TPSA) is 66.9 Å². The number of thioether (sulfide) groups is 1. The molecule has 1 fully saturated rings. The van der Waals surface area contributed by atoms with Crippen molar-refractivity contribution in [3.05, 3.63) is 0 Å². The Bertz CT molecular complexity index is 360. The standard InChI is InChI=1S/C12H20N2O4S/c1-9(2)14(8-11(16)18-3)10(15)4-5-13-6-7-19-12(13)17/h9H,4-8H2,1-3H3. The smallest absolute Gasteiger partial charge is 0.325 e. The maximum absolute atomic E-state index is 12.1. The van der Waals surface area contributed by atoms with E-state index in [-0.39, 0.29) is 30.2 Å². The first-order valence-corrected chi connectivity index (χ1v) is 7.22. The zero-order valence-electron chi connectivity index (χ0n) is 11.5. The first-order valence-electron chi connectivity index (χ1n) is 6.23. The molecule has 0 aliphatic carbocycles. The highest BCUT2D eigenvalue weighted by Gasteiger charge is 2.24. The molecule has 1 aliphatic rings. The minimum absolute atomic E-state index is 0.0249. The lowest BCUT2D eigenvalue weighted by Crippen LogP contribution is -2.42. The van der Waals surface area contributed by atoms with Crippen molar-refractivity contribution in [3.63, 3.8) is 0 Å². The van der Waals surface area contributed by atoms with Crippen molar-refractivity contribution >= 4 is 28.9 Å². The largest absolute Gasteiger partial charge is 0.468 e. The molecule has 2 amide bonds. The number of methoxy groups -OCH3 is 1. The predicted octanol–water partition coefficient (Wildman–Crippen LogP) is 0.955. The molecule has 0 aromatic rings. The zero-order chi connectivity index (χ0) is 14.4. The Kier molecular flexibility index (Phi) is 6.14. The van der Waals surface area contributed by atoms with Gasteiger partial charge in [-0.25, -0.2) is 0 Å². The molecule has 19 heavy (non-hydrogen) atoms. The molecular weight excluding hydrogens is 268 g/mol. The van der Waals surface area contributed by atoms with Gasteiger partial charge in [0.15, 0.2) is 0 Å². The van der Waals surface area contributed by atoms with Crippen molar-refractivity contribution in [2.75, 3.05) is 32.5 Å². The molecular formula is C12H20N2O4S. The molecule has 6 nitrogen and oxygen atoms in total. The van der Waals surface area contributed by atoms with Crippen molar-refractivity contribution in [2.45, 2.75) is 26.3 Å². The Morgan fingerprint density at radius 1 is 1.47 bits per heavy atom. The normalized spacial score (nSPS) is 14.9. The molecule has 1 saturated heterocycles. The predicted molar refractivity (Wildman–Crippen MR) is 72.9 cm³/mol. The molecule has 0 aromatic carbocycles. The van der Waals surface area contributed by atoms with Crippen LogP contribution in [0.1, 0.15) is 20.3 Å². The lowest BCUT2D eigenvalue weighted by atomic mass is 10.2. The number of carbonyl (C=O) groups excluding carboxylic acids is 3. The van der Waals surface area contributed by atoms with Gasteiger partial charge in [0.1, 0.15) is 6.54 Å². The molecule has 0 unspecified atom stereocenters. The molecule has 0 radical (unpaired) electrons. The highest BCUT2D eigenvalue weighted by Crippen LogP contribution is 2.17. The average Bonchev–Trinajstić information content (AvgIpc) is 2.77. The lowest BCUT2D eigenvalue weighted by molar-refractivity contribution is -0.148. The van der Waals surface area contributed by atoms with E-state index in [1.54, 1.807) is 4.90 Å². The van der Waals surface area contributed by atoms with Crippen LogP contribution in [0.5, 0.6) is 0 Å². The van der Waals surface area contributed by atoms with Gasteiger partial charge in [-0.1, -0.05) is 11.8 Å². The van der Waals surface area contributed by atoms with E-state index in [2.05, 4.69) is 4.74 Å². The van der Waals surface area contributed by atoms with Gasteiger partial charge >= 0.3 is 5.97 Å². The van der Waals surface area contributed by atoms with Gasteiger partial charge < -0.3 is 14.5 Å². The van der Waals surface area contributed by atoms with Crippen LogP contribution in [0.4, 0.5) is 4.79 Å². The quantitative estimate of drug-likeness (QED) is 0.681. The Hall–Kier alpha value is -1.24. The Labute approximate surface area is 117 Å². The third kappa shape index (κ3) is 4.74. The summed E-state index contributed by atoms with van der Waals surface area (Å²) in [5.74, 6) is 0.211. The Morgan fingerprint density at radius 3 is 2.63 bits per heavy atom. The summed E-state index contributed by atoms with van der Waals surface area (Å²) < 4.78 is 4.58. The molecule has 1 rings (SSSR count). The number of esters is 1. The summed E-state index contributed by atoms with van der Waals surface area (Å²) in [5, 5.41) is 0.0249. The molecule has 1 heterocycles. The van der Waals surface area contributed by atoms with Gasteiger partial charge in [0.2, 0.25) is 5.91 Å². The average molecular weight is 288 g/mol. The first kappa shape index (κ1) is 15.8. The lowest BCUT2D eigenvalue weighted by Gasteiger charge is -2.26. The van der Waals surface area contributed by atoms with E-state index in [1.165, 1.54) is 23.8 Å². The van der Waals surface area contributed by atoms with Crippen molar-refractivity contribution in [1.29, 1.82) is 0 Å². The molecule has 0 bridgehead atoms. The number of ether oxygens (including phenoxy) is 1. The molecule has 0 atom stereocenters. The van der Waals surface area contributed by atoms with Gasteiger partial charge in [-0.3, -0.25) is 14.4 Å². The molecule has 7 heteroatoms. The second-order valence-corrected chi connectivity index (χ2v) is 5.59. The van der Waals surface area contributed by atoms with E-state index < -0.39 is 5.97 Å². The number of rotatable bonds is 6. The van der Waals surface area contributed by atoms with Crippen molar-refractivity contribution < 1.29 is 19.1 Å². The minimum Gasteiger partial charge on any atom is -0.468 e. The molecule has 0 saturated carbocycles. The third-order valence-corrected chi connectivity index (χ3v) is 3.80. The van der Waals surface area contributed by atoms with Crippen molar-refractivity contribution in [2.24, 2.45) is 0 Å².